The third-order valence-corrected chi connectivity index (χ3v) is 5.02. The third kappa shape index (κ3) is 1.34. The zero-order valence-electron chi connectivity index (χ0n) is 11.0. The Kier molecular flexibility index (Phi) is 2.33. The first-order chi connectivity index (χ1) is 9.37. The smallest absolute Gasteiger partial charge is 0.0431 e. The van der Waals surface area contributed by atoms with Crippen molar-refractivity contribution in [2.75, 3.05) is 6.61 Å². The van der Waals surface area contributed by atoms with Gasteiger partial charge in [-0.05, 0) is 41.5 Å². The van der Waals surface area contributed by atoms with Crippen LogP contribution in [0.15, 0.2) is 48.5 Å². The lowest BCUT2D eigenvalue weighted by molar-refractivity contribution is 0.270. The Balaban J connectivity index is 1.94. The SMILES string of the molecule is OCCCC12CC(c3ccccc31)c1ccccc12. The summed E-state index contributed by atoms with van der Waals surface area (Å²) in [6, 6.07) is 17.8. The highest BCUT2D eigenvalue weighted by molar-refractivity contribution is 5.62. The highest BCUT2D eigenvalue weighted by atomic mass is 16.2. The molecule has 1 N–H and O–H groups in total. The van der Waals surface area contributed by atoms with Gasteiger partial charge in [0.05, 0.1) is 0 Å². The number of benzene rings is 2. The molecule has 0 saturated heterocycles. The summed E-state index contributed by atoms with van der Waals surface area (Å²) in [7, 11) is 0. The van der Waals surface area contributed by atoms with Crippen LogP contribution in [-0.4, -0.2) is 11.7 Å². The summed E-state index contributed by atoms with van der Waals surface area (Å²) in [5.41, 5.74) is 6.21. The maximum atomic E-state index is 9.25. The molecule has 0 aromatic heterocycles. The van der Waals surface area contributed by atoms with E-state index >= 15 is 0 Å². The minimum Gasteiger partial charge on any atom is -0.396 e. The van der Waals surface area contributed by atoms with E-state index in [1.165, 1.54) is 28.7 Å². The fourth-order valence-corrected chi connectivity index (χ4v) is 4.33. The van der Waals surface area contributed by atoms with Crippen molar-refractivity contribution in [3.05, 3.63) is 70.8 Å². The number of aliphatic hydroxyl groups excluding tert-OH is 1. The molecule has 1 heteroatoms. The van der Waals surface area contributed by atoms with Gasteiger partial charge >= 0.3 is 0 Å². The van der Waals surface area contributed by atoms with Crippen LogP contribution >= 0.6 is 0 Å². The van der Waals surface area contributed by atoms with E-state index in [0.717, 1.165) is 12.8 Å². The topological polar surface area (TPSA) is 20.2 Å². The quantitative estimate of drug-likeness (QED) is 0.882. The molecule has 0 aliphatic heterocycles. The average molecular weight is 250 g/mol. The van der Waals surface area contributed by atoms with E-state index in [1.807, 2.05) is 0 Å². The molecule has 2 aromatic carbocycles. The molecule has 2 aliphatic rings. The van der Waals surface area contributed by atoms with Crippen molar-refractivity contribution in [3.63, 3.8) is 0 Å². The molecular formula is C18H18O. The van der Waals surface area contributed by atoms with E-state index < -0.39 is 0 Å². The maximum absolute atomic E-state index is 9.25. The van der Waals surface area contributed by atoms with Gasteiger partial charge in [-0.3, -0.25) is 0 Å². The lowest BCUT2D eigenvalue weighted by atomic mass is 9.72. The van der Waals surface area contributed by atoms with Gasteiger partial charge in [0, 0.05) is 17.9 Å². The molecule has 0 spiro atoms. The summed E-state index contributed by atoms with van der Waals surface area (Å²) in [6.45, 7) is 0.288. The second-order valence-corrected chi connectivity index (χ2v) is 5.84. The van der Waals surface area contributed by atoms with E-state index in [0.29, 0.717) is 5.92 Å². The first kappa shape index (κ1) is 11.2. The van der Waals surface area contributed by atoms with Crippen molar-refractivity contribution in [1.82, 2.24) is 0 Å². The van der Waals surface area contributed by atoms with Gasteiger partial charge in [-0.25, -0.2) is 0 Å². The van der Waals surface area contributed by atoms with Crippen molar-refractivity contribution in [2.24, 2.45) is 0 Å². The Bertz CT molecular complexity index is 582. The third-order valence-electron chi connectivity index (χ3n) is 5.02. The van der Waals surface area contributed by atoms with Crippen molar-refractivity contribution in [1.29, 1.82) is 0 Å². The predicted molar refractivity (Wildman–Crippen MR) is 76.4 cm³/mol. The molecule has 1 nitrogen and oxygen atoms in total. The highest BCUT2D eigenvalue weighted by Crippen LogP contribution is 2.61. The second kappa shape index (κ2) is 3.94. The van der Waals surface area contributed by atoms with Crippen molar-refractivity contribution < 1.29 is 5.11 Å². The van der Waals surface area contributed by atoms with Crippen LogP contribution < -0.4 is 0 Å². The van der Waals surface area contributed by atoms with Gasteiger partial charge in [-0.1, -0.05) is 48.5 Å². The van der Waals surface area contributed by atoms with E-state index in [4.69, 9.17) is 0 Å². The van der Waals surface area contributed by atoms with Crippen LogP contribution in [0.4, 0.5) is 0 Å². The molecule has 96 valence electrons. The molecular weight excluding hydrogens is 232 g/mol. The van der Waals surface area contributed by atoms with Crippen molar-refractivity contribution in [2.45, 2.75) is 30.6 Å². The van der Waals surface area contributed by atoms with Crippen LogP contribution in [0.5, 0.6) is 0 Å². The van der Waals surface area contributed by atoms with Crippen molar-refractivity contribution >= 4 is 0 Å². The molecule has 0 unspecified atom stereocenters. The standard InChI is InChI=1S/C18H18O/c19-11-5-10-18-12-15(13-6-1-3-8-16(13)18)14-7-2-4-9-17(14)18/h1-4,6-9,15,19H,5,10-12H2. The minimum absolute atomic E-state index is 0.167. The summed E-state index contributed by atoms with van der Waals surface area (Å²) in [6.07, 6.45) is 3.15. The number of aliphatic hydroxyl groups is 1. The van der Waals surface area contributed by atoms with Crippen LogP contribution in [0.3, 0.4) is 0 Å². The second-order valence-electron chi connectivity index (χ2n) is 5.84. The highest BCUT2D eigenvalue weighted by Gasteiger charge is 2.51. The Morgan fingerprint density at radius 2 is 1.53 bits per heavy atom. The molecule has 0 atom stereocenters. The molecule has 0 saturated carbocycles. The number of hydrogen-bond acceptors (Lipinski definition) is 1. The van der Waals surface area contributed by atoms with Gasteiger partial charge in [-0.15, -0.1) is 0 Å². The van der Waals surface area contributed by atoms with Crippen LogP contribution in [0.2, 0.25) is 0 Å². The zero-order valence-corrected chi connectivity index (χ0v) is 11.0. The zero-order chi connectivity index (χ0) is 12.9. The Morgan fingerprint density at radius 1 is 0.947 bits per heavy atom. The maximum Gasteiger partial charge on any atom is 0.0431 e. The average Bonchev–Trinajstić information content (AvgIpc) is 2.98. The molecule has 2 aliphatic carbocycles. The summed E-state index contributed by atoms with van der Waals surface area (Å²) in [5, 5.41) is 9.25. The van der Waals surface area contributed by atoms with Crippen LogP contribution in [0, 0.1) is 0 Å². The molecule has 0 amide bonds. The Morgan fingerprint density at radius 3 is 2.11 bits per heavy atom. The van der Waals surface area contributed by atoms with Gasteiger partial charge in [0.1, 0.15) is 0 Å². The van der Waals surface area contributed by atoms with Gasteiger partial charge in [0.15, 0.2) is 0 Å². The molecule has 4 rings (SSSR count). The fourth-order valence-electron chi connectivity index (χ4n) is 4.33. The monoisotopic (exact) mass is 250 g/mol. The van der Waals surface area contributed by atoms with Gasteiger partial charge in [0.25, 0.3) is 0 Å². The number of rotatable bonds is 3. The Labute approximate surface area is 113 Å². The van der Waals surface area contributed by atoms with E-state index in [9.17, 15) is 5.11 Å². The molecule has 0 radical (unpaired) electrons. The predicted octanol–water partition coefficient (Wildman–Crippen LogP) is 3.59. The van der Waals surface area contributed by atoms with Crippen molar-refractivity contribution in [3.8, 4) is 0 Å². The molecule has 2 bridgehead atoms. The lowest BCUT2D eigenvalue weighted by Gasteiger charge is -2.31. The Hall–Kier alpha value is -1.60. The van der Waals surface area contributed by atoms with Gasteiger partial charge < -0.3 is 5.11 Å². The van der Waals surface area contributed by atoms with Gasteiger partial charge in [0.2, 0.25) is 0 Å². The van der Waals surface area contributed by atoms with E-state index in [2.05, 4.69) is 48.5 Å². The largest absolute Gasteiger partial charge is 0.396 e. The van der Waals surface area contributed by atoms with Gasteiger partial charge in [-0.2, -0.15) is 0 Å². The normalized spacial score (nSPS) is 26.3. The summed E-state index contributed by atoms with van der Waals surface area (Å²) in [4.78, 5) is 0. The minimum atomic E-state index is 0.167. The molecule has 0 heterocycles. The van der Waals surface area contributed by atoms with E-state index in [1.54, 1.807) is 0 Å². The van der Waals surface area contributed by atoms with Crippen LogP contribution in [0.25, 0.3) is 0 Å². The molecule has 19 heavy (non-hydrogen) atoms. The first-order valence-corrected chi connectivity index (χ1v) is 7.16. The van der Waals surface area contributed by atoms with Crippen LogP contribution in [-0.2, 0) is 5.41 Å². The first-order valence-electron chi connectivity index (χ1n) is 7.16. The molecule has 2 aromatic rings. The fraction of sp³-hybridized carbons (Fsp3) is 0.333. The summed E-state index contributed by atoms with van der Waals surface area (Å²) < 4.78 is 0. The lowest BCUT2D eigenvalue weighted by Crippen LogP contribution is -2.24. The number of fused-ring (bicyclic) bond motifs is 8. The summed E-state index contributed by atoms with van der Waals surface area (Å²) in [5.74, 6) is 0.575. The molecule has 0 fully saturated rings. The van der Waals surface area contributed by atoms with Crippen LogP contribution in [0.1, 0.15) is 47.4 Å². The number of hydrogen-bond donors (Lipinski definition) is 1. The summed E-state index contributed by atoms with van der Waals surface area (Å²) >= 11 is 0. The van der Waals surface area contributed by atoms with E-state index in [-0.39, 0.29) is 12.0 Å².